The minimum absolute atomic E-state index is 0.716. The van der Waals surface area contributed by atoms with Crippen molar-refractivity contribution in [3.63, 3.8) is 0 Å². The van der Waals surface area contributed by atoms with E-state index in [1.165, 1.54) is 38.0 Å². The van der Waals surface area contributed by atoms with Gasteiger partial charge in [0.05, 0.1) is 0 Å². The van der Waals surface area contributed by atoms with Crippen molar-refractivity contribution in [2.24, 2.45) is 0 Å². The molecule has 1 saturated heterocycles. The average Bonchev–Trinajstić information content (AvgIpc) is 2.68. The molecule has 0 aliphatic carbocycles. The summed E-state index contributed by atoms with van der Waals surface area (Å²) in [6, 6.07) is 8.34. The molecule has 0 N–H and O–H groups in total. The Morgan fingerprint density at radius 3 is 2.73 bits per heavy atom. The van der Waals surface area contributed by atoms with Crippen LogP contribution in [0.3, 0.4) is 0 Å². The van der Waals surface area contributed by atoms with Gasteiger partial charge in [-0.05, 0) is 49.5 Å². The highest BCUT2D eigenvalue weighted by Crippen LogP contribution is 2.27. The van der Waals surface area contributed by atoms with E-state index >= 15 is 0 Å². The van der Waals surface area contributed by atoms with Gasteiger partial charge in [0.2, 0.25) is 0 Å². The fourth-order valence-electron chi connectivity index (χ4n) is 2.36. The predicted octanol–water partition coefficient (Wildman–Crippen LogP) is 3.54. The molecule has 1 aliphatic rings. The lowest BCUT2D eigenvalue weighted by Crippen LogP contribution is -2.20. The molecule has 0 saturated carbocycles. The van der Waals surface area contributed by atoms with Gasteiger partial charge in [-0.25, -0.2) is 0 Å². The first-order valence-corrected chi connectivity index (χ1v) is 6.15. The van der Waals surface area contributed by atoms with Gasteiger partial charge in [-0.3, -0.25) is 0 Å². The number of rotatable bonds is 3. The molecule has 1 fully saturated rings. The molecular formula is C13H18ClN. The Bertz CT molecular complexity index is 307. The first kappa shape index (κ1) is 11.0. The largest absolute Gasteiger partial charge is 0.303 e. The first-order valence-electron chi connectivity index (χ1n) is 5.77. The van der Waals surface area contributed by atoms with Crippen molar-refractivity contribution < 1.29 is 0 Å². The van der Waals surface area contributed by atoms with Crippen LogP contribution in [0.25, 0.3) is 0 Å². The Balaban J connectivity index is 1.98. The van der Waals surface area contributed by atoms with E-state index < -0.39 is 0 Å². The Hall–Kier alpha value is -0.530. The molecule has 0 bridgehead atoms. The van der Waals surface area contributed by atoms with E-state index in [4.69, 9.17) is 11.6 Å². The highest BCUT2D eigenvalue weighted by Gasteiger charge is 2.22. The van der Waals surface area contributed by atoms with Crippen LogP contribution >= 0.6 is 11.6 Å². The van der Waals surface area contributed by atoms with Crippen LogP contribution in [-0.4, -0.2) is 24.5 Å². The smallest absolute Gasteiger partial charge is 0.0406 e. The van der Waals surface area contributed by atoms with Crippen LogP contribution in [0.2, 0.25) is 5.02 Å². The summed E-state index contributed by atoms with van der Waals surface area (Å²) in [7, 11) is 0. The molecule has 2 rings (SSSR count). The van der Waals surface area contributed by atoms with Gasteiger partial charge in [0.25, 0.3) is 0 Å². The van der Waals surface area contributed by atoms with Crippen LogP contribution in [0, 0.1) is 0 Å². The molecule has 82 valence electrons. The minimum atomic E-state index is 0.716. The fourth-order valence-corrected chi connectivity index (χ4v) is 2.48. The molecule has 0 aromatic heterocycles. The SMILES string of the molecule is CCCN1CCC(c2ccc(Cl)cc2)C1. The van der Waals surface area contributed by atoms with Crippen molar-refractivity contribution in [3.8, 4) is 0 Å². The number of halogens is 1. The van der Waals surface area contributed by atoms with Gasteiger partial charge < -0.3 is 4.90 Å². The van der Waals surface area contributed by atoms with Crippen molar-refractivity contribution >= 4 is 11.6 Å². The quantitative estimate of drug-likeness (QED) is 0.758. The van der Waals surface area contributed by atoms with Gasteiger partial charge in [0.1, 0.15) is 0 Å². The molecule has 1 atom stereocenters. The van der Waals surface area contributed by atoms with Gasteiger partial charge in [0.15, 0.2) is 0 Å². The number of nitrogens with zero attached hydrogens (tertiary/aromatic N) is 1. The zero-order valence-corrected chi connectivity index (χ0v) is 10.0. The van der Waals surface area contributed by atoms with Crippen LogP contribution < -0.4 is 0 Å². The third-order valence-electron chi connectivity index (χ3n) is 3.15. The monoisotopic (exact) mass is 223 g/mol. The van der Waals surface area contributed by atoms with Crippen LogP contribution in [0.1, 0.15) is 31.2 Å². The third-order valence-corrected chi connectivity index (χ3v) is 3.41. The first-order chi connectivity index (χ1) is 7.29. The van der Waals surface area contributed by atoms with E-state index in [-0.39, 0.29) is 0 Å². The van der Waals surface area contributed by atoms with Gasteiger partial charge in [-0.2, -0.15) is 0 Å². The van der Waals surface area contributed by atoms with E-state index in [0.29, 0.717) is 5.92 Å². The maximum Gasteiger partial charge on any atom is 0.0406 e. The van der Waals surface area contributed by atoms with Gasteiger partial charge in [-0.15, -0.1) is 0 Å². The summed E-state index contributed by atoms with van der Waals surface area (Å²) in [4.78, 5) is 2.55. The number of likely N-dealkylation sites (tertiary alicyclic amines) is 1. The Kier molecular flexibility index (Phi) is 3.66. The van der Waals surface area contributed by atoms with E-state index in [1.807, 2.05) is 12.1 Å². The Morgan fingerprint density at radius 2 is 2.07 bits per heavy atom. The molecule has 0 radical (unpaired) electrons. The van der Waals surface area contributed by atoms with Crippen molar-refractivity contribution in [2.45, 2.75) is 25.7 Å². The van der Waals surface area contributed by atoms with Crippen LogP contribution in [0.5, 0.6) is 0 Å². The van der Waals surface area contributed by atoms with Gasteiger partial charge in [0, 0.05) is 11.6 Å². The molecule has 1 aromatic rings. The number of benzene rings is 1. The van der Waals surface area contributed by atoms with Crippen LogP contribution in [-0.2, 0) is 0 Å². The fraction of sp³-hybridized carbons (Fsp3) is 0.538. The minimum Gasteiger partial charge on any atom is -0.303 e. The maximum absolute atomic E-state index is 5.89. The molecule has 1 unspecified atom stereocenters. The average molecular weight is 224 g/mol. The molecule has 15 heavy (non-hydrogen) atoms. The summed E-state index contributed by atoms with van der Waals surface area (Å²) in [5.74, 6) is 0.716. The van der Waals surface area contributed by atoms with Gasteiger partial charge in [-0.1, -0.05) is 30.7 Å². The summed E-state index contributed by atoms with van der Waals surface area (Å²) < 4.78 is 0. The molecule has 1 aliphatic heterocycles. The number of hydrogen-bond acceptors (Lipinski definition) is 1. The highest BCUT2D eigenvalue weighted by atomic mass is 35.5. The second kappa shape index (κ2) is 5.00. The molecule has 0 spiro atoms. The third kappa shape index (κ3) is 2.73. The summed E-state index contributed by atoms with van der Waals surface area (Å²) in [6.07, 6.45) is 2.55. The molecule has 1 heterocycles. The zero-order valence-electron chi connectivity index (χ0n) is 9.25. The molecular weight excluding hydrogens is 206 g/mol. The van der Waals surface area contributed by atoms with Crippen molar-refractivity contribution in [1.29, 1.82) is 0 Å². The topological polar surface area (TPSA) is 3.24 Å². The maximum atomic E-state index is 5.89. The van der Waals surface area contributed by atoms with Crippen molar-refractivity contribution in [1.82, 2.24) is 4.90 Å². The molecule has 1 aromatic carbocycles. The van der Waals surface area contributed by atoms with E-state index in [9.17, 15) is 0 Å². The summed E-state index contributed by atoms with van der Waals surface area (Å²) in [6.45, 7) is 5.95. The van der Waals surface area contributed by atoms with Crippen LogP contribution in [0.4, 0.5) is 0 Å². The van der Waals surface area contributed by atoms with E-state index in [0.717, 1.165) is 5.02 Å². The molecule has 1 nitrogen and oxygen atoms in total. The summed E-state index contributed by atoms with van der Waals surface area (Å²) >= 11 is 5.89. The lowest BCUT2D eigenvalue weighted by atomic mass is 9.99. The Labute approximate surface area is 97.0 Å². The Morgan fingerprint density at radius 1 is 1.33 bits per heavy atom. The normalized spacial score (nSPS) is 22.1. The lowest BCUT2D eigenvalue weighted by molar-refractivity contribution is 0.335. The van der Waals surface area contributed by atoms with Crippen molar-refractivity contribution in [3.05, 3.63) is 34.9 Å². The van der Waals surface area contributed by atoms with Crippen molar-refractivity contribution in [2.75, 3.05) is 19.6 Å². The van der Waals surface area contributed by atoms with Gasteiger partial charge >= 0.3 is 0 Å². The number of hydrogen-bond donors (Lipinski definition) is 0. The second-order valence-electron chi connectivity index (χ2n) is 4.34. The van der Waals surface area contributed by atoms with Crippen LogP contribution in [0.15, 0.2) is 24.3 Å². The summed E-state index contributed by atoms with van der Waals surface area (Å²) in [5.41, 5.74) is 1.44. The lowest BCUT2D eigenvalue weighted by Gasteiger charge is -2.14. The molecule has 2 heteroatoms. The van der Waals surface area contributed by atoms with E-state index in [1.54, 1.807) is 0 Å². The predicted molar refractivity (Wildman–Crippen MR) is 65.5 cm³/mol. The highest BCUT2D eigenvalue weighted by molar-refractivity contribution is 6.30. The standard InChI is InChI=1S/C13H18ClN/c1-2-8-15-9-7-12(10-15)11-3-5-13(14)6-4-11/h3-6,12H,2,7-10H2,1H3. The summed E-state index contributed by atoms with van der Waals surface area (Å²) in [5, 5.41) is 0.835. The molecule has 0 amide bonds. The zero-order chi connectivity index (χ0) is 10.7. The second-order valence-corrected chi connectivity index (χ2v) is 4.77. The van der Waals surface area contributed by atoms with E-state index in [2.05, 4.69) is 24.0 Å².